The highest BCUT2D eigenvalue weighted by Gasteiger charge is 2.18. The van der Waals surface area contributed by atoms with E-state index in [2.05, 4.69) is 10.3 Å². The second-order valence-electron chi connectivity index (χ2n) is 2.80. The highest BCUT2D eigenvalue weighted by Crippen LogP contribution is 2.20. The number of hydrogen-bond acceptors (Lipinski definition) is 3. The van der Waals surface area contributed by atoms with Crippen LogP contribution in [0.4, 0.5) is 0 Å². The molecule has 0 saturated heterocycles. The number of alkyl halides is 1. The molecule has 1 aromatic heterocycles. The Labute approximate surface area is 80.9 Å². The molecule has 0 aliphatic heterocycles. The first kappa shape index (κ1) is 9.98. The van der Waals surface area contributed by atoms with Crippen LogP contribution >= 0.6 is 11.6 Å². The van der Waals surface area contributed by atoms with Crippen molar-refractivity contribution in [3.8, 4) is 0 Å². The second kappa shape index (κ2) is 3.74. The average molecular weight is 203 g/mol. The molecule has 2 N–H and O–H groups in total. The number of nitrogens with two attached hydrogens (primary N) is 1. The maximum Gasteiger partial charge on any atom is 0.242 e. The van der Waals surface area contributed by atoms with Crippen molar-refractivity contribution in [3.05, 3.63) is 11.9 Å². The van der Waals surface area contributed by atoms with E-state index in [1.165, 1.54) is 10.9 Å². The van der Waals surface area contributed by atoms with E-state index in [1.807, 2.05) is 0 Å². The van der Waals surface area contributed by atoms with E-state index in [0.717, 1.165) is 0 Å². The van der Waals surface area contributed by atoms with Gasteiger partial charge in [-0.05, 0) is 13.8 Å². The Kier molecular flexibility index (Phi) is 2.87. The third-order valence-corrected chi connectivity index (χ3v) is 2.01. The lowest BCUT2D eigenvalue weighted by atomic mass is 10.3. The summed E-state index contributed by atoms with van der Waals surface area (Å²) in [7, 11) is 0. The van der Waals surface area contributed by atoms with E-state index < -0.39 is 11.9 Å². The normalized spacial score (nSPS) is 15.3. The van der Waals surface area contributed by atoms with Crippen molar-refractivity contribution >= 4 is 17.5 Å². The minimum atomic E-state index is -0.515. The molecule has 0 aliphatic rings. The Bertz CT molecular complexity index is 309. The Morgan fingerprint density at radius 3 is 2.77 bits per heavy atom. The molecular formula is C7H11ClN4O. The maximum atomic E-state index is 10.9. The minimum Gasteiger partial charge on any atom is -0.368 e. The van der Waals surface area contributed by atoms with Crippen LogP contribution in [-0.4, -0.2) is 20.9 Å². The second-order valence-corrected chi connectivity index (χ2v) is 3.45. The molecular weight excluding hydrogens is 192 g/mol. The molecule has 72 valence electrons. The molecule has 0 aromatic carbocycles. The highest BCUT2D eigenvalue weighted by atomic mass is 35.5. The summed E-state index contributed by atoms with van der Waals surface area (Å²) in [6, 6.07) is -0.515. The van der Waals surface area contributed by atoms with E-state index in [0.29, 0.717) is 5.69 Å². The standard InChI is InChI=1S/C7H11ClN4O/c1-4(8)6-3-10-11-12(6)5(2)7(9)13/h3-5H,1-2H3,(H2,9,13). The SMILES string of the molecule is CC(Cl)c1cnnn1C(C)C(N)=O. The van der Waals surface area contributed by atoms with Crippen molar-refractivity contribution in [1.29, 1.82) is 0 Å². The molecule has 0 radical (unpaired) electrons. The Morgan fingerprint density at radius 2 is 2.31 bits per heavy atom. The number of rotatable bonds is 3. The lowest BCUT2D eigenvalue weighted by molar-refractivity contribution is -0.121. The molecule has 2 atom stereocenters. The quantitative estimate of drug-likeness (QED) is 0.731. The minimum absolute atomic E-state index is 0.239. The number of hydrogen-bond donors (Lipinski definition) is 1. The van der Waals surface area contributed by atoms with Gasteiger partial charge in [0.2, 0.25) is 5.91 Å². The first-order valence-electron chi connectivity index (χ1n) is 3.87. The molecule has 1 rings (SSSR count). The van der Waals surface area contributed by atoms with Gasteiger partial charge in [-0.25, -0.2) is 4.68 Å². The van der Waals surface area contributed by atoms with Crippen LogP contribution in [0.25, 0.3) is 0 Å². The van der Waals surface area contributed by atoms with Gasteiger partial charge in [-0.1, -0.05) is 5.21 Å². The van der Waals surface area contributed by atoms with Gasteiger partial charge in [0.25, 0.3) is 0 Å². The summed E-state index contributed by atoms with van der Waals surface area (Å²) in [6.07, 6.45) is 1.52. The Balaban J connectivity index is 3.00. The summed E-state index contributed by atoms with van der Waals surface area (Å²) in [5.74, 6) is -0.455. The van der Waals surface area contributed by atoms with Crippen molar-refractivity contribution in [2.45, 2.75) is 25.3 Å². The summed E-state index contributed by atoms with van der Waals surface area (Å²) in [5, 5.41) is 7.17. The van der Waals surface area contributed by atoms with Gasteiger partial charge in [0.1, 0.15) is 6.04 Å². The largest absolute Gasteiger partial charge is 0.368 e. The van der Waals surface area contributed by atoms with Crippen LogP contribution in [0.1, 0.15) is 31.0 Å². The zero-order valence-electron chi connectivity index (χ0n) is 7.44. The number of aromatic nitrogens is 3. The lowest BCUT2D eigenvalue weighted by Crippen LogP contribution is -2.26. The zero-order valence-corrected chi connectivity index (χ0v) is 8.19. The van der Waals surface area contributed by atoms with Crippen molar-refractivity contribution in [2.75, 3.05) is 0 Å². The predicted octanol–water partition coefficient (Wildman–Crippen LogP) is 0.624. The number of primary amides is 1. The van der Waals surface area contributed by atoms with Gasteiger partial charge in [0, 0.05) is 0 Å². The fourth-order valence-electron chi connectivity index (χ4n) is 0.958. The lowest BCUT2D eigenvalue weighted by Gasteiger charge is -2.11. The van der Waals surface area contributed by atoms with Crippen molar-refractivity contribution in [1.82, 2.24) is 15.0 Å². The Hall–Kier alpha value is -1.10. The van der Waals surface area contributed by atoms with Gasteiger partial charge in [0.15, 0.2) is 0 Å². The van der Waals surface area contributed by atoms with E-state index in [-0.39, 0.29) is 5.38 Å². The van der Waals surface area contributed by atoms with Crippen LogP contribution in [0, 0.1) is 0 Å². The molecule has 1 aromatic rings. The maximum absolute atomic E-state index is 10.9. The van der Waals surface area contributed by atoms with Crippen LogP contribution < -0.4 is 5.73 Å². The summed E-state index contributed by atoms with van der Waals surface area (Å²) in [4.78, 5) is 10.9. The van der Waals surface area contributed by atoms with E-state index in [4.69, 9.17) is 17.3 Å². The summed E-state index contributed by atoms with van der Waals surface area (Å²) >= 11 is 5.85. The van der Waals surface area contributed by atoms with E-state index in [9.17, 15) is 4.79 Å². The van der Waals surface area contributed by atoms with Crippen LogP contribution in [0.3, 0.4) is 0 Å². The molecule has 13 heavy (non-hydrogen) atoms. The van der Waals surface area contributed by atoms with Crippen molar-refractivity contribution in [2.24, 2.45) is 5.73 Å². The zero-order chi connectivity index (χ0) is 10.0. The third kappa shape index (κ3) is 1.98. The summed E-state index contributed by atoms with van der Waals surface area (Å²) in [6.45, 7) is 3.43. The van der Waals surface area contributed by atoms with Gasteiger partial charge < -0.3 is 5.73 Å². The molecule has 6 heteroatoms. The molecule has 0 bridgehead atoms. The Morgan fingerprint density at radius 1 is 1.69 bits per heavy atom. The van der Waals surface area contributed by atoms with Gasteiger partial charge >= 0.3 is 0 Å². The van der Waals surface area contributed by atoms with E-state index >= 15 is 0 Å². The molecule has 5 nitrogen and oxygen atoms in total. The number of halogens is 1. The third-order valence-electron chi connectivity index (χ3n) is 1.79. The first-order valence-corrected chi connectivity index (χ1v) is 4.31. The van der Waals surface area contributed by atoms with E-state index in [1.54, 1.807) is 13.8 Å². The van der Waals surface area contributed by atoms with Crippen LogP contribution in [0.15, 0.2) is 6.20 Å². The van der Waals surface area contributed by atoms with Crippen LogP contribution in [-0.2, 0) is 4.79 Å². The molecule has 2 unspecified atom stereocenters. The van der Waals surface area contributed by atoms with Crippen molar-refractivity contribution in [3.63, 3.8) is 0 Å². The highest BCUT2D eigenvalue weighted by molar-refractivity contribution is 6.20. The molecule has 0 aliphatic carbocycles. The topological polar surface area (TPSA) is 73.8 Å². The summed E-state index contributed by atoms with van der Waals surface area (Å²) < 4.78 is 1.43. The number of nitrogens with zero attached hydrogens (tertiary/aromatic N) is 3. The fraction of sp³-hybridized carbons (Fsp3) is 0.571. The van der Waals surface area contributed by atoms with Gasteiger partial charge in [-0.3, -0.25) is 4.79 Å². The van der Waals surface area contributed by atoms with Crippen LogP contribution in [0.2, 0.25) is 0 Å². The smallest absolute Gasteiger partial charge is 0.242 e. The number of carbonyl (C=O) groups is 1. The predicted molar refractivity (Wildman–Crippen MR) is 48.2 cm³/mol. The van der Waals surface area contributed by atoms with Gasteiger partial charge in [-0.2, -0.15) is 0 Å². The molecule has 0 spiro atoms. The molecule has 1 heterocycles. The summed E-state index contributed by atoms with van der Waals surface area (Å²) in [5.41, 5.74) is 5.81. The van der Waals surface area contributed by atoms with Gasteiger partial charge in [-0.15, -0.1) is 16.7 Å². The first-order chi connectivity index (χ1) is 6.04. The molecule has 1 amide bonds. The molecule has 0 saturated carbocycles. The molecule has 0 fully saturated rings. The van der Waals surface area contributed by atoms with Crippen molar-refractivity contribution < 1.29 is 4.79 Å². The number of amides is 1. The average Bonchev–Trinajstić information content (AvgIpc) is 2.50. The monoisotopic (exact) mass is 202 g/mol. The fourth-order valence-corrected chi connectivity index (χ4v) is 1.11. The van der Waals surface area contributed by atoms with Gasteiger partial charge in [0.05, 0.1) is 17.3 Å². The number of carbonyl (C=O) groups excluding carboxylic acids is 1. The van der Waals surface area contributed by atoms with Crippen LogP contribution in [0.5, 0.6) is 0 Å².